The fraction of sp³-hybridized carbons (Fsp3) is 0.263. The van der Waals surface area contributed by atoms with Gasteiger partial charge in [-0.1, -0.05) is 60.4 Å². The first-order chi connectivity index (χ1) is 11.5. The molecule has 1 heterocycles. The lowest BCUT2D eigenvalue weighted by molar-refractivity contribution is -0.122. The van der Waals surface area contributed by atoms with Gasteiger partial charge in [0.05, 0.1) is 4.91 Å². The number of rotatable bonds is 5. The van der Waals surface area contributed by atoms with Crippen molar-refractivity contribution in [2.45, 2.75) is 6.42 Å². The molecule has 0 atom stereocenters. The summed E-state index contributed by atoms with van der Waals surface area (Å²) in [4.78, 5) is 17.1. The number of amides is 1. The van der Waals surface area contributed by atoms with Crippen molar-refractivity contribution in [2.75, 3.05) is 27.2 Å². The lowest BCUT2D eigenvalue weighted by Crippen LogP contribution is -2.30. The van der Waals surface area contributed by atoms with Gasteiger partial charge in [0.2, 0.25) is 0 Å². The Morgan fingerprint density at radius 3 is 2.67 bits per heavy atom. The first-order valence-corrected chi connectivity index (χ1v) is 9.16. The molecule has 1 amide bonds. The van der Waals surface area contributed by atoms with Crippen molar-refractivity contribution in [3.63, 3.8) is 0 Å². The predicted molar refractivity (Wildman–Crippen MR) is 107 cm³/mol. The fourth-order valence-electron chi connectivity index (χ4n) is 2.69. The maximum absolute atomic E-state index is 12.6. The van der Waals surface area contributed by atoms with Crippen LogP contribution in [0.5, 0.6) is 0 Å². The molecule has 0 saturated carbocycles. The van der Waals surface area contributed by atoms with Gasteiger partial charge in [0.1, 0.15) is 4.32 Å². The summed E-state index contributed by atoms with van der Waals surface area (Å²) in [5.41, 5.74) is 1.03. The van der Waals surface area contributed by atoms with Crippen LogP contribution in [-0.4, -0.2) is 47.2 Å². The Morgan fingerprint density at radius 2 is 1.92 bits per heavy atom. The monoisotopic (exact) mass is 356 g/mol. The van der Waals surface area contributed by atoms with Crippen LogP contribution in [0, 0.1) is 0 Å². The van der Waals surface area contributed by atoms with E-state index >= 15 is 0 Å². The summed E-state index contributed by atoms with van der Waals surface area (Å²) < 4.78 is 0.658. The summed E-state index contributed by atoms with van der Waals surface area (Å²) in [7, 11) is 4.06. The van der Waals surface area contributed by atoms with Crippen LogP contribution in [0.15, 0.2) is 47.4 Å². The van der Waals surface area contributed by atoms with Crippen molar-refractivity contribution in [1.82, 2.24) is 9.80 Å². The fourth-order valence-corrected chi connectivity index (χ4v) is 4.00. The van der Waals surface area contributed by atoms with E-state index in [2.05, 4.69) is 29.2 Å². The Hall–Kier alpha value is -1.69. The minimum absolute atomic E-state index is 0.0249. The number of carbonyl (C=O) groups is 1. The van der Waals surface area contributed by atoms with Gasteiger partial charge in [0.15, 0.2) is 0 Å². The molecule has 0 radical (unpaired) electrons. The van der Waals surface area contributed by atoms with Crippen LogP contribution in [-0.2, 0) is 4.79 Å². The highest BCUT2D eigenvalue weighted by Gasteiger charge is 2.31. The van der Waals surface area contributed by atoms with Crippen molar-refractivity contribution in [2.24, 2.45) is 0 Å². The molecule has 2 aromatic carbocycles. The standard InChI is InChI=1S/C19H20N2OS2/c1-20(2)10-5-11-21-18(22)17(24-19(21)23)13-14-8-9-15-6-3-4-7-16(15)12-14/h3-4,6-9,12-13H,5,10-11H2,1-2H3. The zero-order valence-electron chi connectivity index (χ0n) is 13.9. The Kier molecular flexibility index (Phi) is 5.33. The van der Waals surface area contributed by atoms with E-state index in [-0.39, 0.29) is 5.91 Å². The molecular formula is C19H20N2OS2. The van der Waals surface area contributed by atoms with Crippen molar-refractivity contribution < 1.29 is 4.79 Å². The lowest BCUT2D eigenvalue weighted by atomic mass is 10.1. The number of hydrogen-bond acceptors (Lipinski definition) is 4. The maximum Gasteiger partial charge on any atom is 0.266 e. The molecule has 3 rings (SSSR count). The maximum atomic E-state index is 12.6. The first-order valence-electron chi connectivity index (χ1n) is 7.93. The zero-order chi connectivity index (χ0) is 17.1. The minimum Gasteiger partial charge on any atom is -0.309 e. The second kappa shape index (κ2) is 7.47. The minimum atomic E-state index is 0.0249. The molecule has 0 spiro atoms. The molecule has 2 aromatic rings. The number of benzene rings is 2. The van der Waals surface area contributed by atoms with Gasteiger partial charge in [-0.2, -0.15) is 0 Å². The number of hydrogen-bond donors (Lipinski definition) is 0. The van der Waals surface area contributed by atoms with Crippen molar-refractivity contribution in [3.05, 3.63) is 52.9 Å². The summed E-state index contributed by atoms with van der Waals surface area (Å²) in [5.74, 6) is 0.0249. The third-order valence-electron chi connectivity index (χ3n) is 3.93. The van der Waals surface area contributed by atoms with E-state index in [1.54, 1.807) is 4.90 Å². The highest BCUT2D eigenvalue weighted by atomic mass is 32.2. The molecule has 1 aliphatic heterocycles. The van der Waals surface area contributed by atoms with Gasteiger partial charge < -0.3 is 4.90 Å². The topological polar surface area (TPSA) is 23.6 Å². The van der Waals surface area contributed by atoms with E-state index in [4.69, 9.17) is 12.2 Å². The van der Waals surface area contributed by atoms with Crippen molar-refractivity contribution in [1.29, 1.82) is 0 Å². The average Bonchev–Trinajstić information content (AvgIpc) is 2.82. The molecule has 5 heteroatoms. The Balaban J connectivity index is 1.77. The van der Waals surface area contributed by atoms with Gasteiger partial charge >= 0.3 is 0 Å². The van der Waals surface area contributed by atoms with Gasteiger partial charge in [-0.15, -0.1) is 0 Å². The van der Waals surface area contributed by atoms with Crippen LogP contribution in [0.25, 0.3) is 16.8 Å². The van der Waals surface area contributed by atoms with E-state index in [9.17, 15) is 4.79 Å². The zero-order valence-corrected chi connectivity index (χ0v) is 15.5. The first kappa shape index (κ1) is 17.1. The van der Waals surface area contributed by atoms with Gasteiger partial charge in [0, 0.05) is 6.54 Å². The number of fused-ring (bicyclic) bond motifs is 1. The van der Waals surface area contributed by atoms with Crippen LogP contribution in [0.4, 0.5) is 0 Å². The Labute approximate surface area is 152 Å². The molecule has 1 fully saturated rings. The second-order valence-corrected chi connectivity index (χ2v) is 7.77. The third kappa shape index (κ3) is 3.86. The van der Waals surface area contributed by atoms with Crippen molar-refractivity contribution >= 4 is 51.1 Å². The summed E-state index contributed by atoms with van der Waals surface area (Å²) in [5, 5.41) is 2.37. The van der Waals surface area contributed by atoms with Crippen molar-refractivity contribution in [3.8, 4) is 0 Å². The summed E-state index contributed by atoms with van der Waals surface area (Å²) in [6, 6.07) is 14.5. The van der Waals surface area contributed by atoms with Gasteiger partial charge in [-0.25, -0.2) is 0 Å². The number of thiocarbonyl (C=S) groups is 1. The van der Waals surface area contributed by atoms with Gasteiger partial charge in [-0.3, -0.25) is 9.69 Å². The summed E-state index contributed by atoms with van der Waals surface area (Å²) in [6.07, 6.45) is 2.86. The quantitative estimate of drug-likeness (QED) is 0.597. The molecule has 24 heavy (non-hydrogen) atoms. The van der Waals surface area contributed by atoms with Crippen LogP contribution in [0.3, 0.4) is 0 Å². The highest BCUT2D eigenvalue weighted by molar-refractivity contribution is 8.26. The molecule has 0 unspecified atom stereocenters. The van der Waals surface area contributed by atoms with E-state index < -0.39 is 0 Å². The summed E-state index contributed by atoms with van der Waals surface area (Å²) in [6.45, 7) is 1.62. The normalized spacial score (nSPS) is 16.8. The van der Waals surface area contributed by atoms with E-state index in [0.717, 1.165) is 18.5 Å². The van der Waals surface area contributed by atoms with Crippen LogP contribution in [0.1, 0.15) is 12.0 Å². The molecular weight excluding hydrogens is 336 g/mol. The van der Waals surface area contributed by atoms with E-state index in [0.29, 0.717) is 15.8 Å². The molecule has 3 nitrogen and oxygen atoms in total. The predicted octanol–water partition coefficient (Wildman–Crippen LogP) is 3.99. The summed E-state index contributed by atoms with van der Waals surface area (Å²) >= 11 is 6.78. The SMILES string of the molecule is CN(C)CCCN1C(=O)C(=Cc2ccc3ccccc3c2)SC1=S. The number of thioether (sulfide) groups is 1. The van der Waals surface area contributed by atoms with Crippen LogP contribution in [0.2, 0.25) is 0 Å². The van der Waals surface area contributed by atoms with Gasteiger partial charge in [-0.05, 0) is 55.5 Å². The smallest absolute Gasteiger partial charge is 0.266 e. The van der Waals surface area contributed by atoms with Crippen LogP contribution < -0.4 is 0 Å². The molecule has 0 aliphatic carbocycles. The largest absolute Gasteiger partial charge is 0.309 e. The highest BCUT2D eigenvalue weighted by Crippen LogP contribution is 2.33. The average molecular weight is 357 g/mol. The molecule has 0 N–H and O–H groups in total. The van der Waals surface area contributed by atoms with E-state index in [1.165, 1.54) is 22.5 Å². The molecule has 1 saturated heterocycles. The van der Waals surface area contributed by atoms with E-state index in [1.807, 2.05) is 38.4 Å². The molecule has 1 aliphatic rings. The Bertz CT molecular complexity index is 814. The third-order valence-corrected chi connectivity index (χ3v) is 5.31. The molecule has 0 bridgehead atoms. The lowest BCUT2D eigenvalue weighted by Gasteiger charge is -2.16. The Morgan fingerprint density at radius 1 is 1.17 bits per heavy atom. The second-order valence-electron chi connectivity index (χ2n) is 6.10. The van der Waals surface area contributed by atoms with Crippen LogP contribution >= 0.6 is 24.0 Å². The number of nitrogens with zero attached hydrogens (tertiary/aromatic N) is 2. The molecule has 0 aromatic heterocycles. The molecule has 124 valence electrons. The number of carbonyl (C=O) groups excluding carboxylic acids is 1. The van der Waals surface area contributed by atoms with Gasteiger partial charge in [0.25, 0.3) is 5.91 Å².